The van der Waals surface area contributed by atoms with Gasteiger partial charge in [-0.25, -0.2) is 4.98 Å². The average molecular weight is 307 g/mol. The maximum absolute atomic E-state index is 5.90. The lowest BCUT2D eigenvalue weighted by Crippen LogP contribution is -2.07. The molecule has 0 spiro atoms. The number of hydrogen-bond donors (Lipinski definition) is 1. The summed E-state index contributed by atoms with van der Waals surface area (Å²) >= 11 is 3.48. The molecule has 0 aliphatic carbocycles. The standard InChI is InChI=1S/C14H15BrN2O/c1-9-5-6-13(12(15)8-9)18-14-11(10(2)16)4-3-7-17-14/h3-8,10H,16H2,1-2H3. The second-order valence-electron chi connectivity index (χ2n) is 4.22. The van der Waals surface area contributed by atoms with E-state index in [-0.39, 0.29) is 6.04 Å². The van der Waals surface area contributed by atoms with Crippen LogP contribution in [0.2, 0.25) is 0 Å². The number of pyridine rings is 1. The van der Waals surface area contributed by atoms with E-state index >= 15 is 0 Å². The molecule has 0 bridgehead atoms. The van der Waals surface area contributed by atoms with E-state index in [9.17, 15) is 0 Å². The summed E-state index contributed by atoms with van der Waals surface area (Å²) in [5.74, 6) is 1.29. The van der Waals surface area contributed by atoms with Crippen LogP contribution in [0.25, 0.3) is 0 Å². The largest absolute Gasteiger partial charge is 0.437 e. The van der Waals surface area contributed by atoms with Crippen molar-refractivity contribution in [2.24, 2.45) is 5.73 Å². The van der Waals surface area contributed by atoms with Gasteiger partial charge in [0.05, 0.1) is 4.47 Å². The van der Waals surface area contributed by atoms with Crippen LogP contribution in [0.1, 0.15) is 24.1 Å². The molecule has 0 amide bonds. The van der Waals surface area contributed by atoms with Crippen molar-refractivity contribution in [2.45, 2.75) is 19.9 Å². The fourth-order valence-electron chi connectivity index (χ4n) is 1.63. The molecule has 0 aliphatic rings. The van der Waals surface area contributed by atoms with E-state index in [4.69, 9.17) is 10.5 Å². The third kappa shape index (κ3) is 2.89. The Labute approximate surface area is 115 Å². The third-order valence-electron chi connectivity index (χ3n) is 2.59. The summed E-state index contributed by atoms with van der Waals surface area (Å²) in [4.78, 5) is 4.24. The first kappa shape index (κ1) is 13.1. The maximum Gasteiger partial charge on any atom is 0.224 e. The zero-order chi connectivity index (χ0) is 13.1. The van der Waals surface area contributed by atoms with Gasteiger partial charge in [0.2, 0.25) is 5.88 Å². The van der Waals surface area contributed by atoms with Crippen molar-refractivity contribution in [3.05, 3.63) is 52.1 Å². The number of aromatic nitrogens is 1. The predicted octanol–water partition coefficient (Wildman–Crippen LogP) is 3.96. The molecular formula is C14H15BrN2O. The molecule has 2 rings (SSSR count). The molecule has 94 valence electrons. The van der Waals surface area contributed by atoms with Crippen molar-refractivity contribution in [1.29, 1.82) is 0 Å². The Kier molecular flexibility index (Phi) is 3.99. The van der Waals surface area contributed by atoms with Gasteiger partial charge in [-0.3, -0.25) is 0 Å². The van der Waals surface area contributed by atoms with Crippen LogP contribution in [0.4, 0.5) is 0 Å². The molecule has 0 radical (unpaired) electrons. The molecular weight excluding hydrogens is 292 g/mol. The number of halogens is 1. The second kappa shape index (κ2) is 5.50. The van der Waals surface area contributed by atoms with Crippen LogP contribution in [0, 0.1) is 6.92 Å². The average Bonchev–Trinajstić information content (AvgIpc) is 2.33. The Morgan fingerprint density at radius 1 is 1.33 bits per heavy atom. The Balaban J connectivity index is 2.34. The molecule has 1 aromatic carbocycles. The molecule has 1 atom stereocenters. The molecule has 4 heteroatoms. The quantitative estimate of drug-likeness (QED) is 0.933. The molecule has 1 heterocycles. The first-order valence-corrected chi connectivity index (χ1v) is 6.51. The number of nitrogens with zero attached hydrogens (tertiary/aromatic N) is 1. The fourth-order valence-corrected chi connectivity index (χ4v) is 2.20. The van der Waals surface area contributed by atoms with Crippen LogP contribution < -0.4 is 10.5 Å². The number of hydrogen-bond acceptors (Lipinski definition) is 3. The summed E-state index contributed by atoms with van der Waals surface area (Å²) < 4.78 is 6.72. The topological polar surface area (TPSA) is 48.1 Å². The molecule has 1 aromatic heterocycles. The van der Waals surface area contributed by atoms with Crippen molar-refractivity contribution in [3.8, 4) is 11.6 Å². The molecule has 2 aromatic rings. The van der Waals surface area contributed by atoms with E-state index in [0.29, 0.717) is 5.88 Å². The molecule has 0 fully saturated rings. The third-order valence-corrected chi connectivity index (χ3v) is 3.20. The van der Waals surface area contributed by atoms with E-state index in [1.807, 2.05) is 44.2 Å². The Morgan fingerprint density at radius 2 is 2.11 bits per heavy atom. The first-order chi connectivity index (χ1) is 8.58. The van der Waals surface area contributed by atoms with Gasteiger partial charge in [0, 0.05) is 17.8 Å². The van der Waals surface area contributed by atoms with E-state index in [1.54, 1.807) is 6.20 Å². The predicted molar refractivity (Wildman–Crippen MR) is 75.8 cm³/mol. The lowest BCUT2D eigenvalue weighted by molar-refractivity contribution is 0.449. The zero-order valence-corrected chi connectivity index (χ0v) is 11.9. The molecule has 1 unspecified atom stereocenters. The van der Waals surface area contributed by atoms with Gasteiger partial charge in [-0.15, -0.1) is 0 Å². The van der Waals surface area contributed by atoms with Gasteiger partial charge in [-0.1, -0.05) is 12.1 Å². The lowest BCUT2D eigenvalue weighted by Gasteiger charge is -2.13. The van der Waals surface area contributed by atoms with Gasteiger partial charge in [0.15, 0.2) is 0 Å². The van der Waals surface area contributed by atoms with Gasteiger partial charge < -0.3 is 10.5 Å². The Morgan fingerprint density at radius 3 is 2.78 bits per heavy atom. The summed E-state index contributed by atoms with van der Waals surface area (Å²) in [5, 5.41) is 0. The van der Waals surface area contributed by atoms with E-state index < -0.39 is 0 Å². The van der Waals surface area contributed by atoms with Crippen LogP contribution in [-0.4, -0.2) is 4.98 Å². The van der Waals surface area contributed by atoms with Crippen LogP contribution in [0.3, 0.4) is 0 Å². The van der Waals surface area contributed by atoms with Crippen molar-refractivity contribution >= 4 is 15.9 Å². The van der Waals surface area contributed by atoms with Gasteiger partial charge in [0.1, 0.15) is 5.75 Å². The number of aryl methyl sites for hydroxylation is 1. The highest BCUT2D eigenvalue weighted by molar-refractivity contribution is 9.10. The molecule has 18 heavy (non-hydrogen) atoms. The second-order valence-corrected chi connectivity index (χ2v) is 5.08. The maximum atomic E-state index is 5.90. The van der Waals surface area contributed by atoms with Crippen LogP contribution in [0.15, 0.2) is 41.0 Å². The van der Waals surface area contributed by atoms with Crippen molar-refractivity contribution in [1.82, 2.24) is 4.98 Å². The minimum Gasteiger partial charge on any atom is -0.437 e. The van der Waals surface area contributed by atoms with Gasteiger partial charge in [-0.05, 0) is 53.5 Å². The summed E-state index contributed by atoms with van der Waals surface area (Å²) in [6.45, 7) is 3.94. The Hall–Kier alpha value is -1.39. The van der Waals surface area contributed by atoms with Crippen LogP contribution >= 0.6 is 15.9 Å². The number of ether oxygens (including phenoxy) is 1. The monoisotopic (exact) mass is 306 g/mol. The van der Waals surface area contributed by atoms with Crippen molar-refractivity contribution < 1.29 is 4.74 Å². The van der Waals surface area contributed by atoms with Gasteiger partial charge >= 0.3 is 0 Å². The van der Waals surface area contributed by atoms with Crippen molar-refractivity contribution in [3.63, 3.8) is 0 Å². The van der Waals surface area contributed by atoms with E-state index in [2.05, 4.69) is 20.9 Å². The summed E-state index contributed by atoms with van der Waals surface area (Å²) in [5.41, 5.74) is 7.96. The minimum absolute atomic E-state index is 0.113. The lowest BCUT2D eigenvalue weighted by atomic mass is 10.1. The Bertz CT molecular complexity index is 555. The van der Waals surface area contributed by atoms with E-state index in [0.717, 1.165) is 15.8 Å². The highest BCUT2D eigenvalue weighted by Crippen LogP contribution is 2.32. The summed E-state index contributed by atoms with van der Waals surface area (Å²) in [6.07, 6.45) is 1.70. The first-order valence-electron chi connectivity index (χ1n) is 5.72. The fraction of sp³-hybridized carbons (Fsp3) is 0.214. The SMILES string of the molecule is Cc1ccc(Oc2ncccc2C(C)N)c(Br)c1. The zero-order valence-electron chi connectivity index (χ0n) is 10.4. The normalized spacial score (nSPS) is 12.2. The molecule has 0 aliphatic heterocycles. The summed E-state index contributed by atoms with van der Waals surface area (Å²) in [6, 6.07) is 9.58. The number of rotatable bonds is 3. The smallest absolute Gasteiger partial charge is 0.224 e. The summed E-state index contributed by atoms with van der Waals surface area (Å²) in [7, 11) is 0. The molecule has 2 N–H and O–H groups in total. The van der Waals surface area contributed by atoms with E-state index in [1.165, 1.54) is 5.56 Å². The molecule has 0 saturated heterocycles. The molecule has 0 saturated carbocycles. The van der Waals surface area contributed by atoms with Crippen LogP contribution in [-0.2, 0) is 0 Å². The number of nitrogens with two attached hydrogens (primary N) is 1. The van der Waals surface area contributed by atoms with Gasteiger partial charge in [0.25, 0.3) is 0 Å². The molecule has 3 nitrogen and oxygen atoms in total. The van der Waals surface area contributed by atoms with Crippen molar-refractivity contribution in [2.75, 3.05) is 0 Å². The highest BCUT2D eigenvalue weighted by atomic mass is 79.9. The highest BCUT2D eigenvalue weighted by Gasteiger charge is 2.11. The van der Waals surface area contributed by atoms with Gasteiger partial charge in [-0.2, -0.15) is 0 Å². The minimum atomic E-state index is -0.113. The van der Waals surface area contributed by atoms with Crippen LogP contribution in [0.5, 0.6) is 11.6 Å². The number of benzene rings is 1.